The van der Waals surface area contributed by atoms with Crippen molar-refractivity contribution in [3.8, 4) is 0 Å². The molecule has 0 aromatic rings. The van der Waals surface area contributed by atoms with Crippen LogP contribution in [0.15, 0.2) is 0 Å². The van der Waals surface area contributed by atoms with E-state index in [4.69, 9.17) is 0 Å². The van der Waals surface area contributed by atoms with E-state index in [2.05, 4.69) is 11.7 Å². The van der Waals surface area contributed by atoms with Crippen molar-refractivity contribution in [1.82, 2.24) is 0 Å². The van der Waals surface area contributed by atoms with Gasteiger partial charge in [0, 0.05) is 12.8 Å². The summed E-state index contributed by atoms with van der Waals surface area (Å²) in [5, 5.41) is 9.18. The number of aliphatic hydroxyl groups excluding tert-OH is 1. The molecule has 0 fully saturated rings. The van der Waals surface area contributed by atoms with E-state index in [1.165, 1.54) is 0 Å². The highest BCUT2D eigenvalue weighted by Gasteiger charge is 2.17. The maximum Gasteiger partial charge on any atom is 0.308 e. The minimum absolute atomic E-state index is 0.167. The molecule has 0 aliphatic rings. The Labute approximate surface area is 90.6 Å². The first-order chi connectivity index (χ1) is 7.11. The standard InChI is InChI=1S/C11H20O4/c1-3-5-6-7-8-9(12)11(14)15-10(13)4-2/h11,14H,3-8H2,1-2H3. The lowest BCUT2D eigenvalue weighted by molar-refractivity contribution is -0.175. The lowest BCUT2D eigenvalue weighted by atomic mass is 10.1. The Hall–Kier alpha value is -0.900. The number of Topliss-reactive ketones (excluding diaryl/α,β-unsaturated/α-hetero) is 1. The SMILES string of the molecule is CCCCCCC(=O)C(O)OC(=O)CC. The van der Waals surface area contributed by atoms with E-state index < -0.39 is 18.0 Å². The first kappa shape index (κ1) is 14.1. The van der Waals surface area contributed by atoms with Gasteiger partial charge in [-0.15, -0.1) is 0 Å². The molecule has 0 bridgehead atoms. The van der Waals surface area contributed by atoms with Crippen molar-refractivity contribution in [2.45, 2.75) is 58.7 Å². The van der Waals surface area contributed by atoms with Crippen LogP contribution in [0.2, 0.25) is 0 Å². The van der Waals surface area contributed by atoms with Crippen molar-refractivity contribution >= 4 is 11.8 Å². The molecule has 0 radical (unpaired) electrons. The Bertz CT molecular complexity index is 201. The molecule has 4 nitrogen and oxygen atoms in total. The van der Waals surface area contributed by atoms with Gasteiger partial charge < -0.3 is 9.84 Å². The summed E-state index contributed by atoms with van der Waals surface area (Å²) in [6, 6.07) is 0. The molecule has 0 amide bonds. The number of rotatable bonds is 8. The van der Waals surface area contributed by atoms with Gasteiger partial charge in [0.25, 0.3) is 6.29 Å². The second-order valence-corrected chi connectivity index (χ2v) is 3.47. The Morgan fingerprint density at radius 2 is 1.87 bits per heavy atom. The summed E-state index contributed by atoms with van der Waals surface area (Å²) in [5.41, 5.74) is 0. The third-order valence-corrected chi connectivity index (χ3v) is 2.08. The van der Waals surface area contributed by atoms with E-state index >= 15 is 0 Å². The minimum atomic E-state index is -1.57. The van der Waals surface area contributed by atoms with Gasteiger partial charge in [0.15, 0.2) is 0 Å². The molecule has 15 heavy (non-hydrogen) atoms. The minimum Gasteiger partial charge on any atom is -0.428 e. The fourth-order valence-corrected chi connectivity index (χ4v) is 1.12. The van der Waals surface area contributed by atoms with Crippen LogP contribution in [0.3, 0.4) is 0 Å². The van der Waals surface area contributed by atoms with Gasteiger partial charge in [-0.25, -0.2) is 0 Å². The Morgan fingerprint density at radius 1 is 1.20 bits per heavy atom. The van der Waals surface area contributed by atoms with Crippen LogP contribution in [0.25, 0.3) is 0 Å². The highest BCUT2D eigenvalue weighted by Crippen LogP contribution is 2.05. The van der Waals surface area contributed by atoms with Crippen LogP contribution in [0.5, 0.6) is 0 Å². The van der Waals surface area contributed by atoms with Crippen LogP contribution in [0.4, 0.5) is 0 Å². The summed E-state index contributed by atoms with van der Waals surface area (Å²) in [5.74, 6) is -0.961. The number of aliphatic hydroxyl groups is 1. The Balaban J connectivity index is 3.64. The topological polar surface area (TPSA) is 63.6 Å². The second-order valence-electron chi connectivity index (χ2n) is 3.47. The highest BCUT2D eigenvalue weighted by molar-refractivity contribution is 5.84. The van der Waals surface area contributed by atoms with E-state index in [0.29, 0.717) is 0 Å². The van der Waals surface area contributed by atoms with Crippen molar-refractivity contribution in [2.75, 3.05) is 0 Å². The van der Waals surface area contributed by atoms with E-state index in [9.17, 15) is 14.7 Å². The zero-order valence-corrected chi connectivity index (χ0v) is 9.49. The van der Waals surface area contributed by atoms with E-state index in [1.807, 2.05) is 0 Å². The molecule has 0 aliphatic carbocycles. The van der Waals surface area contributed by atoms with Crippen molar-refractivity contribution in [1.29, 1.82) is 0 Å². The van der Waals surface area contributed by atoms with Crippen LogP contribution in [0, 0.1) is 0 Å². The summed E-state index contributed by atoms with van der Waals surface area (Å²) in [6.07, 6.45) is 2.77. The number of carbonyl (C=O) groups excluding carboxylic acids is 2. The van der Waals surface area contributed by atoms with Crippen molar-refractivity contribution < 1.29 is 19.4 Å². The quantitative estimate of drug-likeness (QED) is 0.382. The predicted octanol–water partition coefficient (Wildman–Crippen LogP) is 1.80. The number of ether oxygens (including phenoxy) is 1. The van der Waals surface area contributed by atoms with Crippen LogP contribution in [-0.4, -0.2) is 23.1 Å². The maximum atomic E-state index is 11.2. The number of esters is 1. The van der Waals surface area contributed by atoms with Gasteiger partial charge >= 0.3 is 5.97 Å². The van der Waals surface area contributed by atoms with Gasteiger partial charge in [0.2, 0.25) is 5.78 Å². The van der Waals surface area contributed by atoms with Crippen molar-refractivity contribution in [2.24, 2.45) is 0 Å². The molecule has 1 unspecified atom stereocenters. The van der Waals surface area contributed by atoms with Crippen molar-refractivity contribution in [3.63, 3.8) is 0 Å². The summed E-state index contributed by atoms with van der Waals surface area (Å²) in [4.78, 5) is 22.0. The lowest BCUT2D eigenvalue weighted by Gasteiger charge is -2.09. The molecular weight excluding hydrogens is 196 g/mol. The largest absolute Gasteiger partial charge is 0.428 e. The molecule has 0 aromatic heterocycles. The third kappa shape index (κ3) is 7.08. The molecule has 0 spiro atoms. The van der Waals surface area contributed by atoms with Crippen molar-refractivity contribution in [3.05, 3.63) is 0 Å². The second kappa shape index (κ2) is 8.41. The highest BCUT2D eigenvalue weighted by atomic mass is 16.6. The number of ketones is 1. The average Bonchev–Trinajstić information content (AvgIpc) is 2.23. The third-order valence-electron chi connectivity index (χ3n) is 2.08. The molecule has 0 aromatic carbocycles. The number of hydrogen-bond donors (Lipinski definition) is 1. The average molecular weight is 216 g/mol. The molecule has 88 valence electrons. The molecule has 4 heteroatoms. The van der Waals surface area contributed by atoms with Gasteiger partial charge in [-0.1, -0.05) is 33.1 Å². The zero-order chi connectivity index (χ0) is 11.7. The predicted molar refractivity (Wildman–Crippen MR) is 56.2 cm³/mol. The first-order valence-corrected chi connectivity index (χ1v) is 5.52. The van der Waals surface area contributed by atoms with Crippen LogP contribution in [0.1, 0.15) is 52.4 Å². The Morgan fingerprint density at radius 3 is 2.40 bits per heavy atom. The van der Waals surface area contributed by atoms with E-state index in [0.717, 1.165) is 25.7 Å². The summed E-state index contributed by atoms with van der Waals surface area (Å²) in [7, 11) is 0. The van der Waals surface area contributed by atoms with Gasteiger partial charge in [-0.05, 0) is 6.42 Å². The smallest absolute Gasteiger partial charge is 0.308 e. The zero-order valence-electron chi connectivity index (χ0n) is 9.49. The molecular formula is C11H20O4. The van der Waals surface area contributed by atoms with E-state index in [-0.39, 0.29) is 12.8 Å². The molecule has 0 aliphatic heterocycles. The molecule has 0 heterocycles. The van der Waals surface area contributed by atoms with Crippen LogP contribution < -0.4 is 0 Å². The molecule has 1 atom stereocenters. The van der Waals surface area contributed by atoms with Gasteiger partial charge in [-0.2, -0.15) is 0 Å². The normalized spacial score (nSPS) is 12.2. The van der Waals surface area contributed by atoms with Crippen LogP contribution >= 0.6 is 0 Å². The summed E-state index contributed by atoms with van der Waals surface area (Å²) in [6.45, 7) is 3.69. The van der Waals surface area contributed by atoms with Gasteiger partial charge in [0.1, 0.15) is 0 Å². The lowest BCUT2D eigenvalue weighted by Crippen LogP contribution is -2.26. The maximum absolute atomic E-state index is 11.2. The number of unbranched alkanes of at least 4 members (excludes halogenated alkanes) is 3. The summed E-state index contributed by atoms with van der Waals surface area (Å²) < 4.78 is 4.49. The van der Waals surface area contributed by atoms with Gasteiger partial charge in [-0.3, -0.25) is 9.59 Å². The monoisotopic (exact) mass is 216 g/mol. The number of carbonyl (C=O) groups is 2. The molecule has 0 saturated carbocycles. The molecule has 0 rings (SSSR count). The molecule has 0 saturated heterocycles. The van der Waals surface area contributed by atoms with E-state index in [1.54, 1.807) is 6.92 Å². The van der Waals surface area contributed by atoms with Gasteiger partial charge in [0.05, 0.1) is 0 Å². The fraction of sp³-hybridized carbons (Fsp3) is 0.818. The number of hydrogen-bond acceptors (Lipinski definition) is 4. The molecule has 1 N–H and O–H groups in total. The summed E-state index contributed by atoms with van der Waals surface area (Å²) >= 11 is 0. The first-order valence-electron chi connectivity index (χ1n) is 5.52. The fourth-order valence-electron chi connectivity index (χ4n) is 1.12. The van der Waals surface area contributed by atoms with Crippen LogP contribution in [-0.2, 0) is 14.3 Å². The Kier molecular flexibility index (Phi) is 7.91.